The highest BCUT2D eigenvalue weighted by molar-refractivity contribution is 6.30. The third-order valence-corrected chi connectivity index (χ3v) is 6.06. The van der Waals surface area contributed by atoms with Crippen LogP contribution in [0.1, 0.15) is 27.2 Å². The predicted molar refractivity (Wildman–Crippen MR) is 129 cm³/mol. The van der Waals surface area contributed by atoms with Gasteiger partial charge in [-0.25, -0.2) is 0 Å². The SMILES string of the molecule is COc1ccc(NC(=O)c2ccc3c(c2)c(C)c(C)n3Cc2ccc(Cl)cc2)c(OC)c1. The lowest BCUT2D eigenvalue weighted by molar-refractivity contribution is 0.102. The lowest BCUT2D eigenvalue weighted by Crippen LogP contribution is -2.12. The minimum Gasteiger partial charge on any atom is -0.497 e. The van der Waals surface area contributed by atoms with E-state index in [4.69, 9.17) is 21.1 Å². The molecule has 0 unspecified atom stereocenters. The molecule has 0 spiro atoms. The van der Waals surface area contributed by atoms with Gasteiger partial charge in [0.25, 0.3) is 5.91 Å². The maximum atomic E-state index is 13.0. The van der Waals surface area contributed by atoms with Crippen LogP contribution in [0.5, 0.6) is 11.5 Å². The number of nitrogens with one attached hydrogen (secondary N) is 1. The number of ether oxygens (including phenoxy) is 2. The average molecular weight is 449 g/mol. The zero-order valence-electron chi connectivity index (χ0n) is 18.5. The molecule has 0 aliphatic heterocycles. The fourth-order valence-electron chi connectivity index (χ4n) is 3.86. The zero-order chi connectivity index (χ0) is 22.8. The summed E-state index contributed by atoms with van der Waals surface area (Å²) >= 11 is 6.03. The second kappa shape index (κ2) is 8.97. The summed E-state index contributed by atoms with van der Waals surface area (Å²) in [5, 5.41) is 4.73. The molecule has 1 amide bonds. The Morgan fingerprint density at radius 3 is 2.41 bits per heavy atom. The normalized spacial score (nSPS) is 10.9. The van der Waals surface area contributed by atoms with Crippen LogP contribution >= 0.6 is 11.6 Å². The van der Waals surface area contributed by atoms with Crippen LogP contribution in [0, 0.1) is 13.8 Å². The van der Waals surface area contributed by atoms with E-state index in [1.54, 1.807) is 32.4 Å². The Morgan fingerprint density at radius 1 is 0.969 bits per heavy atom. The average Bonchev–Trinajstić information content (AvgIpc) is 3.05. The summed E-state index contributed by atoms with van der Waals surface area (Å²) in [5.41, 5.74) is 5.76. The minimum atomic E-state index is -0.196. The van der Waals surface area contributed by atoms with E-state index in [-0.39, 0.29) is 5.91 Å². The van der Waals surface area contributed by atoms with E-state index in [1.165, 1.54) is 11.3 Å². The number of hydrogen-bond donors (Lipinski definition) is 1. The molecule has 6 heteroatoms. The number of carbonyl (C=O) groups is 1. The van der Waals surface area contributed by atoms with Crippen molar-refractivity contribution in [2.75, 3.05) is 19.5 Å². The highest BCUT2D eigenvalue weighted by Gasteiger charge is 2.16. The standard InChI is InChI=1S/C26H25ClN2O3/c1-16-17(2)29(15-18-5-8-20(27)9-6-18)24-12-7-19(13-22(16)24)26(30)28-23-11-10-21(31-3)14-25(23)32-4/h5-14H,15H2,1-4H3,(H,28,30). The first-order valence-corrected chi connectivity index (χ1v) is 10.7. The molecule has 0 atom stereocenters. The molecule has 0 radical (unpaired) electrons. The van der Waals surface area contributed by atoms with Crippen molar-refractivity contribution < 1.29 is 14.3 Å². The number of benzene rings is 3. The largest absolute Gasteiger partial charge is 0.497 e. The van der Waals surface area contributed by atoms with Crippen LogP contribution < -0.4 is 14.8 Å². The monoisotopic (exact) mass is 448 g/mol. The highest BCUT2D eigenvalue weighted by Crippen LogP contribution is 2.31. The van der Waals surface area contributed by atoms with E-state index in [0.29, 0.717) is 22.7 Å². The van der Waals surface area contributed by atoms with Crippen molar-refractivity contribution in [3.63, 3.8) is 0 Å². The van der Waals surface area contributed by atoms with Crippen molar-refractivity contribution >= 4 is 34.1 Å². The molecule has 4 rings (SSSR count). The Balaban J connectivity index is 1.64. The summed E-state index contributed by atoms with van der Waals surface area (Å²) in [6, 6.07) is 19.0. The van der Waals surface area contributed by atoms with Crippen molar-refractivity contribution in [1.82, 2.24) is 4.57 Å². The maximum absolute atomic E-state index is 13.0. The third kappa shape index (κ3) is 4.16. The third-order valence-electron chi connectivity index (χ3n) is 5.81. The van der Waals surface area contributed by atoms with Crippen LogP contribution in [0.3, 0.4) is 0 Å². The van der Waals surface area contributed by atoms with Crippen LogP contribution in [0.2, 0.25) is 5.02 Å². The van der Waals surface area contributed by atoms with Gasteiger partial charge in [-0.3, -0.25) is 4.79 Å². The molecule has 5 nitrogen and oxygen atoms in total. The van der Waals surface area contributed by atoms with Crippen molar-refractivity contribution in [3.05, 3.63) is 88.1 Å². The molecule has 1 N–H and O–H groups in total. The smallest absolute Gasteiger partial charge is 0.255 e. The van der Waals surface area contributed by atoms with Gasteiger partial charge in [0.1, 0.15) is 11.5 Å². The molecule has 0 fully saturated rings. The number of aromatic nitrogens is 1. The molecule has 4 aromatic rings. The van der Waals surface area contributed by atoms with Gasteiger partial charge in [-0.15, -0.1) is 0 Å². The number of methoxy groups -OCH3 is 2. The Hall–Kier alpha value is -3.44. The first-order valence-electron chi connectivity index (χ1n) is 10.3. The summed E-state index contributed by atoms with van der Waals surface area (Å²) in [6.45, 7) is 4.93. The van der Waals surface area contributed by atoms with Gasteiger partial charge in [0, 0.05) is 39.8 Å². The van der Waals surface area contributed by atoms with E-state index in [2.05, 4.69) is 23.7 Å². The number of carbonyl (C=O) groups excluding carboxylic acids is 1. The van der Waals surface area contributed by atoms with Crippen molar-refractivity contribution in [1.29, 1.82) is 0 Å². The second-order valence-electron chi connectivity index (χ2n) is 7.68. The lowest BCUT2D eigenvalue weighted by Gasteiger charge is -2.12. The summed E-state index contributed by atoms with van der Waals surface area (Å²) in [5.74, 6) is 1.01. The number of rotatable bonds is 6. The predicted octanol–water partition coefficient (Wildman–Crippen LogP) is 6.23. The fourth-order valence-corrected chi connectivity index (χ4v) is 3.99. The van der Waals surface area contributed by atoms with E-state index < -0.39 is 0 Å². The van der Waals surface area contributed by atoms with Crippen LogP contribution in [-0.4, -0.2) is 24.7 Å². The van der Waals surface area contributed by atoms with E-state index in [0.717, 1.165) is 28.0 Å². The van der Waals surface area contributed by atoms with E-state index in [9.17, 15) is 4.79 Å². The number of anilines is 1. The summed E-state index contributed by atoms with van der Waals surface area (Å²) < 4.78 is 12.9. The Kier molecular flexibility index (Phi) is 6.10. The van der Waals surface area contributed by atoms with Gasteiger partial charge in [0.05, 0.1) is 19.9 Å². The fraction of sp³-hybridized carbons (Fsp3) is 0.192. The summed E-state index contributed by atoms with van der Waals surface area (Å²) in [6.07, 6.45) is 0. The zero-order valence-corrected chi connectivity index (χ0v) is 19.3. The minimum absolute atomic E-state index is 0.196. The number of nitrogens with zero attached hydrogens (tertiary/aromatic N) is 1. The van der Waals surface area contributed by atoms with Crippen molar-refractivity contribution in [3.8, 4) is 11.5 Å². The van der Waals surface area contributed by atoms with Crippen LogP contribution in [0.15, 0.2) is 60.7 Å². The molecule has 1 heterocycles. The molecule has 0 saturated heterocycles. The summed E-state index contributed by atoms with van der Waals surface area (Å²) in [7, 11) is 3.15. The molecule has 3 aromatic carbocycles. The molecular weight excluding hydrogens is 424 g/mol. The maximum Gasteiger partial charge on any atom is 0.255 e. The summed E-state index contributed by atoms with van der Waals surface area (Å²) in [4.78, 5) is 13.0. The quantitative estimate of drug-likeness (QED) is 0.380. The van der Waals surface area contributed by atoms with Gasteiger partial charge < -0.3 is 19.4 Å². The van der Waals surface area contributed by atoms with Gasteiger partial charge in [-0.05, 0) is 67.4 Å². The van der Waals surface area contributed by atoms with Gasteiger partial charge in [-0.2, -0.15) is 0 Å². The Bertz CT molecular complexity index is 1290. The van der Waals surface area contributed by atoms with Gasteiger partial charge in [-0.1, -0.05) is 23.7 Å². The number of amides is 1. The lowest BCUT2D eigenvalue weighted by atomic mass is 10.1. The first-order chi connectivity index (χ1) is 15.4. The number of fused-ring (bicyclic) bond motifs is 1. The number of hydrogen-bond acceptors (Lipinski definition) is 3. The number of aryl methyl sites for hydroxylation is 1. The van der Waals surface area contributed by atoms with Crippen molar-refractivity contribution in [2.45, 2.75) is 20.4 Å². The molecular formula is C26H25ClN2O3. The highest BCUT2D eigenvalue weighted by atomic mass is 35.5. The van der Waals surface area contributed by atoms with Gasteiger partial charge in [0.15, 0.2) is 0 Å². The van der Waals surface area contributed by atoms with Gasteiger partial charge in [0.2, 0.25) is 0 Å². The van der Waals surface area contributed by atoms with E-state index >= 15 is 0 Å². The topological polar surface area (TPSA) is 52.5 Å². The first kappa shape index (κ1) is 21.8. The molecule has 0 aliphatic rings. The molecule has 32 heavy (non-hydrogen) atoms. The van der Waals surface area contributed by atoms with Crippen LogP contribution in [0.25, 0.3) is 10.9 Å². The number of halogens is 1. The molecule has 1 aromatic heterocycles. The van der Waals surface area contributed by atoms with Crippen LogP contribution in [0.4, 0.5) is 5.69 Å². The Morgan fingerprint density at radius 2 is 1.72 bits per heavy atom. The Labute approximate surface area is 192 Å². The van der Waals surface area contributed by atoms with E-state index in [1.807, 2.05) is 42.5 Å². The molecule has 0 aliphatic carbocycles. The molecule has 0 saturated carbocycles. The molecule has 164 valence electrons. The van der Waals surface area contributed by atoms with Crippen molar-refractivity contribution in [2.24, 2.45) is 0 Å². The molecule has 0 bridgehead atoms. The van der Waals surface area contributed by atoms with Gasteiger partial charge >= 0.3 is 0 Å². The van der Waals surface area contributed by atoms with Crippen LogP contribution in [-0.2, 0) is 6.54 Å². The second-order valence-corrected chi connectivity index (χ2v) is 8.11.